The first-order chi connectivity index (χ1) is 8.40. The highest BCUT2D eigenvalue weighted by Crippen LogP contribution is 2.28. The molecular formula is C14H28N2O. The second-order valence-corrected chi connectivity index (χ2v) is 5.74. The van der Waals surface area contributed by atoms with Crippen LogP contribution in [0.15, 0.2) is 0 Å². The van der Waals surface area contributed by atoms with Crippen molar-refractivity contribution in [2.24, 2.45) is 11.8 Å². The molecule has 3 nitrogen and oxygen atoms in total. The average molecular weight is 240 g/mol. The molecule has 3 heteroatoms. The van der Waals surface area contributed by atoms with Crippen LogP contribution in [0.4, 0.5) is 0 Å². The van der Waals surface area contributed by atoms with Gasteiger partial charge in [0.2, 0.25) is 0 Å². The number of hydrogen-bond acceptors (Lipinski definition) is 3. The van der Waals surface area contributed by atoms with Crippen LogP contribution in [0, 0.1) is 5.92 Å². The van der Waals surface area contributed by atoms with Crippen molar-refractivity contribution in [2.75, 3.05) is 6.61 Å². The topological polar surface area (TPSA) is 47.3 Å². The van der Waals surface area contributed by atoms with Crippen molar-refractivity contribution in [3.05, 3.63) is 0 Å². The van der Waals surface area contributed by atoms with Crippen LogP contribution in [0.3, 0.4) is 0 Å². The van der Waals surface area contributed by atoms with Crippen molar-refractivity contribution in [3.8, 4) is 0 Å². The lowest BCUT2D eigenvalue weighted by Crippen LogP contribution is -2.41. The average Bonchev–Trinajstić information content (AvgIpc) is 2.72. The Morgan fingerprint density at radius 3 is 2.41 bits per heavy atom. The molecule has 2 fully saturated rings. The molecular weight excluding hydrogens is 212 g/mol. The van der Waals surface area contributed by atoms with E-state index in [0.29, 0.717) is 12.1 Å². The molecule has 100 valence electrons. The fourth-order valence-electron chi connectivity index (χ4n) is 3.41. The number of hydrazine groups is 1. The summed E-state index contributed by atoms with van der Waals surface area (Å²) < 4.78 is 5.69. The van der Waals surface area contributed by atoms with Gasteiger partial charge in [0.1, 0.15) is 0 Å². The minimum atomic E-state index is 0.511. The summed E-state index contributed by atoms with van der Waals surface area (Å²) in [6.45, 7) is 0.967. The van der Waals surface area contributed by atoms with Crippen molar-refractivity contribution >= 4 is 0 Å². The van der Waals surface area contributed by atoms with Crippen LogP contribution in [-0.2, 0) is 4.74 Å². The first-order valence-electron chi connectivity index (χ1n) is 7.48. The van der Waals surface area contributed by atoms with Gasteiger partial charge in [-0.2, -0.15) is 0 Å². The Labute approximate surface area is 105 Å². The number of ether oxygens (including phenoxy) is 1. The van der Waals surface area contributed by atoms with Crippen molar-refractivity contribution in [1.29, 1.82) is 0 Å². The van der Waals surface area contributed by atoms with Gasteiger partial charge in [-0.05, 0) is 44.4 Å². The van der Waals surface area contributed by atoms with Gasteiger partial charge in [-0.25, -0.2) is 0 Å². The van der Waals surface area contributed by atoms with E-state index in [1.54, 1.807) is 0 Å². The molecule has 17 heavy (non-hydrogen) atoms. The van der Waals surface area contributed by atoms with Crippen LogP contribution >= 0.6 is 0 Å². The van der Waals surface area contributed by atoms with Crippen LogP contribution in [0.25, 0.3) is 0 Å². The van der Waals surface area contributed by atoms with Gasteiger partial charge in [0, 0.05) is 12.6 Å². The van der Waals surface area contributed by atoms with Crippen molar-refractivity contribution in [2.45, 2.75) is 76.4 Å². The van der Waals surface area contributed by atoms with Gasteiger partial charge < -0.3 is 4.74 Å². The molecule has 3 N–H and O–H groups in total. The van der Waals surface area contributed by atoms with Crippen molar-refractivity contribution in [3.63, 3.8) is 0 Å². The maximum Gasteiger partial charge on any atom is 0.0576 e. The summed E-state index contributed by atoms with van der Waals surface area (Å²) in [7, 11) is 0. The fourth-order valence-corrected chi connectivity index (χ4v) is 3.41. The molecule has 0 spiro atoms. The highest BCUT2D eigenvalue weighted by Gasteiger charge is 2.24. The summed E-state index contributed by atoms with van der Waals surface area (Å²) >= 11 is 0. The molecule has 2 aliphatic rings. The van der Waals surface area contributed by atoms with Gasteiger partial charge in [-0.15, -0.1) is 0 Å². The minimum Gasteiger partial charge on any atom is -0.378 e. The SMILES string of the molecule is NNC(CCC1CCCO1)C1CCCCCC1. The molecule has 0 amide bonds. The van der Waals surface area contributed by atoms with Gasteiger partial charge in [-0.1, -0.05) is 25.7 Å². The molecule has 1 saturated heterocycles. The lowest BCUT2D eigenvalue weighted by Gasteiger charge is -2.26. The maximum atomic E-state index is 5.75. The van der Waals surface area contributed by atoms with Crippen LogP contribution in [0.5, 0.6) is 0 Å². The van der Waals surface area contributed by atoms with Crippen molar-refractivity contribution in [1.82, 2.24) is 5.43 Å². The molecule has 2 rings (SSSR count). The molecule has 2 unspecified atom stereocenters. The monoisotopic (exact) mass is 240 g/mol. The normalized spacial score (nSPS) is 29.1. The van der Waals surface area contributed by atoms with E-state index in [1.807, 2.05) is 0 Å². The third-order valence-corrected chi connectivity index (χ3v) is 4.51. The summed E-state index contributed by atoms with van der Waals surface area (Å²) in [5, 5.41) is 0. The highest BCUT2D eigenvalue weighted by molar-refractivity contribution is 4.78. The smallest absolute Gasteiger partial charge is 0.0576 e. The zero-order valence-electron chi connectivity index (χ0n) is 11.0. The number of nitrogens with two attached hydrogens (primary N) is 1. The number of nitrogens with one attached hydrogen (secondary N) is 1. The molecule has 1 saturated carbocycles. The van der Waals surface area contributed by atoms with Gasteiger partial charge in [0.05, 0.1) is 6.10 Å². The molecule has 1 aliphatic carbocycles. The van der Waals surface area contributed by atoms with Gasteiger partial charge in [-0.3, -0.25) is 11.3 Å². The second-order valence-electron chi connectivity index (χ2n) is 5.74. The Balaban J connectivity index is 1.73. The van der Waals surface area contributed by atoms with Crippen LogP contribution in [0.2, 0.25) is 0 Å². The summed E-state index contributed by atoms with van der Waals surface area (Å²) in [5.74, 6) is 6.54. The lowest BCUT2D eigenvalue weighted by atomic mass is 9.88. The van der Waals surface area contributed by atoms with Crippen LogP contribution in [-0.4, -0.2) is 18.8 Å². The lowest BCUT2D eigenvalue weighted by molar-refractivity contribution is 0.0965. The Morgan fingerprint density at radius 2 is 1.82 bits per heavy atom. The first-order valence-corrected chi connectivity index (χ1v) is 7.48. The molecule has 0 bridgehead atoms. The molecule has 0 aromatic rings. The van der Waals surface area contributed by atoms with E-state index in [-0.39, 0.29) is 0 Å². The number of rotatable bonds is 5. The van der Waals surface area contributed by atoms with Crippen LogP contribution in [0.1, 0.15) is 64.2 Å². The standard InChI is InChI=1S/C14H28N2O/c15-16-14(10-9-13-8-5-11-17-13)12-6-3-1-2-4-7-12/h12-14,16H,1-11,15H2. The summed E-state index contributed by atoms with van der Waals surface area (Å²) in [5.41, 5.74) is 3.07. The second kappa shape index (κ2) is 7.34. The van der Waals surface area contributed by atoms with Crippen LogP contribution < -0.4 is 11.3 Å². The molecule has 0 radical (unpaired) electrons. The Hall–Kier alpha value is -0.120. The van der Waals surface area contributed by atoms with E-state index in [4.69, 9.17) is 10.6 Å². The van der Waals surface area contributed by atoms with E-state index < -0.39 is 0 Å². The molecule has 1 aliphatic heterocycles. The Bertz CT molecular complexity index is 196. The van der Waals surface area contributed by atoms with Crippen molar-refractivity contribution < 1.29 is 4.74 Å². The Morgan fingerprint density at radius 1 is 1.06 bits per heavy atom. The van der Waals surface area contributed by atoms with Gasteiger partial charge in [0.25, 0.3) is 0 Å². The zero-order valence-corrected chi connectivity index (χ0v) is 11.0. The third-order valence-electron chi connectivity index (χ3n) is 4.51. The minimum absolute atomic E-state index is 0.511. The van der Waals surface area contributed by atoms with Gasteiger partial charge >= 0.3 is 0 Å². The first kappa shape index (κ1) is 13.3. The van der Waals surface area contributed by atoms with E-state index in [1.165, 1.54) is 64.2 Å². The predicted molar refractivity (Wildman–Crippen MR) is 70.5 cm³/mol. The molecule has 0 aromatic heterocycles. The van der Waals surface area contributed by atoms with E-state index in [0.717, 1.165) is 12.5 Å². The largest absolute Gasteiger partial charge is 0.378 e. The van der Waals surface area contributed by atoms with E-state index in [2.05, 4.69) is 5.43 Å². The quantitative estimate of drug-likeness (QED) is 0.441. The third kappa shape index (κ3) is 4.23. The molecule has 1 heterocycles. The Kier molecular flexibility index (Phi) is 5.75. The van der Waals surface area contributed by atoms with Gasteiger partial charge in [0.15, 0.2) is 0 Å². The van der Waals surface area contributed by atoms with E-state index >= 15 is 0 Å². The predicted octanol–water partition coefficient (Wildman–Crippen LogP) is 2.75. The zero-order chi connectivity index (χ0) is 11.9. The summed E-state index contributed by atoms with van der Waals surface area (Å²) in [6.07, 6.45) is 13.7. The van der Waals surface area contributed by atoms with E-state index in [9.17, 15) is 0 Å². The summed E-state index contributed by atoms with van der Waals surface area (Å²) in [6, 6.07) is 0.511. The highest BCUT2D eigenvalue weighted by atomic mass is 16.5. The molecule has 0 aromatic carbocycles. The summed E-state index contributed by atoms with van der Waals surface area (Å²) in [4.78, 5) is 0. The fraction of sp³-hybridized carbons (Fsp3) is 1.00. The maximum absolute atomic E-state index is 5.75. The molecule has 2 atom stereocenters. The number of hydrogen-bond donors (Lipinski definition) is 2.